The van der Waals surface area contributed by atoms with Gasteiger partial charge in [-0.2, -0.15) is 0 Å². The molecule has 0 amide bonds. The molecule has 0 radical (unpaired) electrons. The van der Waals surface area contributed by atoms with Gasteiger partial charge in [0.15, 0.2) is 22.5 Å². The lowest BCUT2D eigenvalue weighted by Crippen LogP contribution is -2.36. The van der Waals surface area contributed by atoms with Gasteiger partial charge in [-0.25, -0.2) is 9.97 Å². The first-order valence-electron chi connectivity index (χ1n) is 10.3. The van der Waals surface area contributed by atoms with E-state index in [0.717, 1.165) is 24.8 Å². The van der Waals surface area contributed by atoms with Gasteiger partial charge in [0, 0.05) is 5.75 Å². The van der Waals surface area contributed by atoms with E-state index in [9.17, 15) is 15.0 Å². The number of aryl methyl sites for hydroxylation is 1. The molecule has 1 saturated heterocycles. The first kappa shape index (κ1) is 23.5. The van der Waals surface area contributed by atoms with Crippen molar-refractivity contribution in [1.29, 1.82) is 0 Å². The summed E-state index contributed by atoms with van der Waals surface area (Å²) in [5, 5.41) is 22.2. The predicted octanol–water partition coefficient (Wildman–Crippen LogP) is 2.28. The zero-order valence-corrected chi connectivity index (χ0v) is 20.0. The fraction of sp³-hybridized carbons (Fsp3) is 0.700. The van der Waals surface area contributed by atoms with Crippen molar-refractivity contribution < 1.29 is 14.9 Å². The minimum atomic E-state index is -1.33. The summed E-state index contributed by atoms with van der Waals surface area (Å²) in [6.07, 6.45) is 3.56. The van der Waals surface area contributed by atoms with Crippen molar-refractivity contribution >= 4 is 36.1 Å². The topological polar surface area (TPSA) is 113 Å². The molecule has 1 fully saturated rings. The molecule has 0 aliphatic carbocycles. The van der Waals surface area contributed by atoms with E-state index in [-0.39, 0.29) is 17.0 Å². The number of aliphatic hydroxyl groups is 2. The zero-order valence-electron chi connectivity index (χ0n) is 18.3. The Balaban J connectivity index is 2.02. The molecule has 2 aromatic rings. The van der Waals surface area contributed by atoms with Crippen LogP contribution in [0.2, 0.25) is 0 Å². The molecule has 0 bridgehead atoms. The van der Waals surface area contributed by atoms with Crippen molar-refractivity contribution in [2.45, 2.75) is 63.3 Å². The van der Waals surface area contributed by atoms with Crippen LogP contribution in [0.5, 0.6) is 0 Å². The second-order valence-electron chi connectivity index (χ2n) is 8.86. The van der Waals surface area contributed by atoms with E-state index in [1.54, 1.807) is 11.5 Å². The highest BCUT2D eigenvalue weighted by Gasteiger charge is 2.47. The normalized spacial score (nSPS) is 25.8. The third kappa shape index (κ3) is 4.86. The zero-order chi connectivity index (χ0) is 22.2. The second kappa shape index (κ2) is 9.17. The molecule has 0 saturated carbocycles. The lowest BCUT2D eigenvalue weighted by molar-refractivity contribution is -0.0527. The van der Waals surface area contributed by atoms with E-state index < -0.39 is 31.4 Å². The molecule has 0 aromatic carbocycles. The van der Waals surface area contributed by atoms with Gasteiger partial charge in [-0.3, -0.25) is 9.36 Å². The van der Waals surface area contributed by atoms with Gasteiger partial charge in [0.25, 0.3) is 5.56 Å². The van der Waals surface area contributed by atoms with Crippen LogP contribution >= 0.6 is 18.6 Å². The number of nitrogens with zero attached hydrogens (tertiary/aromatic N) is 3. The summed E-state index contributed by atoms with van der Waals surface area (Å²) in [6, 6.07) is 0. The highest BCUT2D eigenvalue weighted by molar-refractivity contribution is 7.99. The minimum absolute atomic E-state index is 0.0320. The third-order valence-electron chi connectivity index (χ3n) is 5.24. The molecule has 0 spiro atoms. The van der Waals surface area contributed by atoms with Crippen LogP contribution in [-0.4, -0.2) is 79.6 Å². The van der Waals surface area contributed by atoms with Crippen molar-refractivity contribution in [2.24, 2.45) is 5.92 Å². The lowest BCUT2D eigenvalue weighted by atomic mass is 10.0. The van der Waals surface area contributed by atoms with Crippen molar-refractivity contribution in [3.8, 4) is 0 Å². The third-order valence-corrected chi connectivity index (χ3v) is 7.84. The molecule has 1 aliphatic heterocycles. The number of imidazole rings is 1. The number of aromatic nitrogens is 4. The highest BCUT2D eigenvalue weighted by Crippen LogP contribution is 2.43. The maximum Gasteiger partial charge on any atom is 0.279 e. The number of aromatic amines is 1. The number of aliphatic hydroxyl groups excluding tert-OH is 2. The standard InChI is InChI=1S/C20H33N4O4PS/c1-7-8-9-30-20-23-13-17(21-12(3)22-18(13)27)24(20)19-15(26)14(25)16(28-19)11(2)10-29(4,5)6/h11,14-16,19,25-26H,4,7-10H2,1-3,5-6H3,(H,21,22,27)/t11?,14-,15+,16+,19+/m0/s1. The molecule has 8 nitrogen and oxygen atoms in total. The van der Waals surface area contributed by atoms with Crippen LogP contribution in [0.25, 0.3) is 11.2 Å². The summed E-state index contributed by atoms with van der Waals surface area (Å²) in [5.41, 5.74) is 0.256. The van der Waals surface area contributed by atoms with Gasteiger partial charge in [-0.05, 0) is 38.8 Å². The minimum Gasteiger partial charge on any atom is -0.388 e. The number of fused-ring (bicyclic) bond motifs is 1. The predicted molar refractivity (Wildman–Crippen MR) is 124 cm³/mol. The summed E-state index contributed by atoms with van der Waals surface area (Å²) in [5.74, 6) is 1.31. The van der Waals surface area contributed by atoms with Gasteiger partial charge in [0.2, 0.25) is 0 Å². The molecule has 3 N–H and O–H groups in total. The number of hydrogen-bond donors (Lipinski definition) is 3. The number of H-pyrrole nitrogens is 1. The maximum atomic E-state index is 12.4. The summed E-state index contributed by atoms with van der Waals surface area (Å²) < 4.78 is 7.90. The van der Waals surface area contributed by atoms with Crippen LogP contribution in [-0.2, 0) is 4.74 Å². The van der Waals surface area contributed by atoms with Crippen molar-refractivity contribution in [3.05, 3.63) is 16.2 Å². The van der Waals surface area contributed by atoms with Gasteiger partial charge >= 0.3 is 0 Å². The Bertz CT molecular complexity index is 1000. The summed E-state index contributed by atoms with van der Waals surface area (Å²) in [7, 11) is 0. The van der Waals surface area contributed by atoms with E-state index in [0.29, 0.717) is 16.6 Å². The van der Waals surface area contributed by atoms with Crippen LogP contribution < -0.4 is 5.56 Å². The first-order chi connectivity index (χ1) is 14.0. The smallest absolute Gasteiger partial charge is 0.279 e. The van der Waals surface area contributed by atoms with Crippen molar-refractivity contribution in [1.82, 2.24) is 19.5 Å². The van der Waals surface area contributed by atoms with Gasteiger partial charge < -0.3 is 19.9 Å². The van der Waals surface area contributed by atoms with E-state index in [4.69, 9.17) is 4.74 Å². The molecule has 5 atom stereocenters. The van der Waals surface area contributed by atoms with Crippen molar-refractivity contribution in [2.75, 3.05) is 25.2 Å². The monoisotopic (exact) mass is 456 g/mol. The lowest BCUT2D eigenvalue weighted by Gasteiger charge is -2.26. The second-order valence-corrected chi connectivity index (χ2v) is 14.2. The van der Waals surface area contributed by atoms with Crippen LogP contribution in [0, 0.1) is 12.8 Å². The molecule has 10 heteroatoms. The highest BCUT2D eigenvalue weighted by atomic mass is 32.2. The molecular formula is C20H33N4O4PS. The van der Waals surface area contributed by atoms with Gasteiger partial charge in [0.05, 0.1) is 6.10 Å². The molecule has 168 valence electrons. The Morgan fingerprint density at radius 1 is 1.33 bits per heavy atom. The number of thioether (sulfide) groups is 1. The molecule has 3 rings (SSSR count). The number of nitrogens with one attached hydrogen (secondary N) is 1. The van der Waals surface area contributed by atoms with Crippen LogP contribution in [0.1, 0.15) is 38.7 Å². The van der Waals surface area contributed by atoms with Gasteiger partial charge in [0.1, 0.15) is 18.0 Å². The largest absolute Gasteiger partial charge is 0.388 e. The summed E-state index contributed by atoms with van der Waals surface area (Å²) in [4.78, 5) is 24.1. The molecule has 3 heterocycles. The Kier molecular flexibility index (Phi) is 7.19. The Labute approximate surface area is 181 Å². The molecular weight excluding hydrogens is 423 g/mol. The average Bonchev–Trinajstić information content (AvgIpc) is 3.12. The SMILES string of the molecule is C=P(C)(C)CC(C)[C@H]1O[C@@H](n2c(SCCCC)nc3c(=O)[nH]c(C)nc32)[C@H](O)[C@@H]1O. The fourth-order valence-corrected chi connectivity index (χ4v) is 6.83. The quantitative estimate of drug-likeness (QED) is 0.317. The number of hydrogen-bond acceptors (Lipinski definition) is 7. The average molecular weight is 457 g/mol. The van der Waals surface area contributed by atoms with E-state index in [1.165, 1.54) is 11.8 Å². The van der Waals surface area contributed by atoms with E-state index in [2.05, 4.69) is 41.5 Å². The number of rotatable bonds is 8. The fourth-order valence-electron chi connectivity index (χ4n) is 3.97. The van der Waals surface area contributed by atoms with Crippen LogP contribution in [0.3, 0.4) is 0 Å². The maximum absolute atomic E-state index is 12.4. The first-order valence-corrected chi connectivity index (χ1v) is 14.4. The van der Waals surface area contributed by atoms with E-state index >= 15 is 0 Å². The number of unbranched alkanes of at least 4 members (excludes halogenated alkanes) is 1. The summed E-state index contributed by atoms with van der Waals surface area (Å²) >= 11 is 1.50. The Morgan fingerprint density at radius 2 is 2.03 bits per heavy atom. The summed E-state index contributed by atoms with van der Waals surface area (Å²) in [6.45, 7) is 8.78. The van der Waals surface area contributed by atoms with Crippen LogP contribution in [0.4, 0.5) is 0 Å². The number of ether oxygens (including phenoxy) is 1. The van der Waals surface area contributed by atoms with E-state index in [1.807, 2.05) is 6.92 Å². The Hall–Kier alpha value is -1.12. The van der Waals surface area contributed by atoms with Gasteiger partial charge in [-0.15, -0.1) is 13.2 Å². The molecule has 1 aliphatic rings. The molecule has 30 heavy (non-hydrogen) atoms. The van der Waals surface area contributed by atoms with Gasteiger partial charge in [-0.1, -0.05) is 32.0 Å². The van der Waals surface area contributed by atoms with Crippen molar-refractivity contribution in [3.63, 3.8) is 0 Å². The molecule has 2 aromatic heterocycles. The molecule has 1 unspecified atom stereocenters. The van der Waals surface area contributed by atoms with Crippen LogP contribution in [0.15, 0.2) is 9.95 Å². The Morgan fingerprint density at radius 3 is 2.67 bits per heavy atom.